The van der Waals surface area contributed by atoms with Gasteiger partial charge >= 0.3 is 5.97 Å². The second kappa shape index (κ2) is 4.62. The Morgan fingerprint density at radius 2 is 2.00 bits per heavy atom. The van der Waals surface area contributed by atoms with Gasteiger partial charge in [-0.25, -0.2) is 4.79 Å². The van der Waals surface area contributed by atoms with Crippen molar-refractivity contribution in [3.05, 3.63) is 28.6 Å². The van der Waals surface area contributed by atoms with Crippen molar-refractivity contribution in [3.63, 3.8) is 0 Å². The van der Waals surface area contributed by atoms with E-state index >= 15 is 0 Å². The third-order valence-corrected chi connectivity index (χ3v) is 3.87. The standard InChI is InChI=1S/C16H23NO2/c1-9-6-10(2)13-11(7-9)8-12(15(18)19)14(17-13)16(3,4)5/h8-10H,6-7H2,1-5H3,(H,18,19). The lowest BCUT2D eigenvalue weighted by molar-refractivity contribution is 0.0693. The summed E-state index contributed by atoms with van der Waals surface area (Å²) in [5.41, 5.74) is 3.06. The Balaban J connectivity index is 2.63. The highest BCUT2D eigenvalue weighted by Gasteiger charge is 2.29. The van der Waals surface area contributed by atoms with Crippen LogP contribution in [0.15, 0.2) is 6.07 Å². The summed E-state index contributed by atoms with van der Waals surface area (Å²) in [6, 6.07) is 1.86. The number of carboxylic acid groups (broad SMARTS) is 1. The van der Waals surface area contributed by atoms with E-state index in [0.717, 1.165) is 24.1 Å². The predicted molar refractivity (Wildman–Crippen MR) is 75.8 cm³/mol. The Morgan fingerprint density at radius 3 is 2.53 bits per heavy atom. The Labute approximate surface area is 115 Å². The molecule has 1 aromatic rings. The maximum Gasteiger partial charge on any atom is 0.337 e. The first kappa shape index (κ1) is 14.0. The highest BCUT2D eigenvalue weighted by molar-refractivity contribution is 5.89. The third kappa shape index (κ3) is 2.65. The van der Waals surface area contributed by atoms with E-state index < -0.39 is 5.97 Å². The molecule has 3 heteroatoms. The van der Waals surface area contributed by atoms with Crippen LogP contribution in [0.5, 0.6) is 0 Å². The van der Waals surface area contributed by atoms with Gasteiger partial charge in [0.05, 0.1) is 11.3 Å². The lowest BCUT2D eigenvalue weighted by Crippen LogP contribution is -2.24. The van der Waals surface area contributed by atoms with Crippen LogP contribution in [0.1, 0.15) is 74.3 Å². The van der Waals surface area contributed by atoms with Gasteiger partial charge in [-0.2, -0.15) is 0 Å². The van der Waals surface area contributed by atoms with E-state index in [1.54, 1.807) is 0 Å². The van der Waals surface area contributed by atoms with Crippen molar-refractivity contribution in [1.29, 1.82) is 0 Å². The van der Waals surface area contributed by atoms with Gasteiger partial charge in [0.1, 0.15) is 0 Å². The first-order valence-corrected chi connectivity index (χ1v) is 6.97. The maximum absolute atomic E-state index is 11.5. The summed E-state index contributed by atoms with van der Waals surface area (Å²) in [7, 11) is 0. The lowest BCUT2D eigenvalue weighted by atomic mass is 9.79. The molecule has 1 N–H and O–H groups in total. The van der Waals surface area contributed by atoms with E-state index in [1.165, 1.54) is 0 Å². The molecule has 1 heterocycles. The van der Waals surface area contributed by atoms with Crippen LogP contribution in [0.3, 0.4) is 0 Å². The summed E-state index contributed by atoms with van der Waals surface area (Å²) in [5, 5.41) is 9.42. The summed E-state index contributed by atoms with van der Waals surface area (Å²) >= 11 is 0. The van der Waals surface area contributed by atoms with Crippen LogP contribution in [-0.4, -0.2) is 16.1 Å². The molecule has 0 fully saturated rings. The number of aromatic nitrogens is 1. The Hall–Kier alpha value is -1.38. The minimum Gasteiger partial charge on any atom is -0.478 e. The van der Waals surface area contributed by atoms with E-state index in [2.05, 4.69) is 13.8 Å². The van der Waals surface area contributed by atoms with E-state index in [9.17, 15) is 9.90 Å². The number of hydrogen-bond donors (Lipinski definition) is 1. The number of aromatic carboxylic acids is 1. The average molecular weight is 261 g/mol. The molecule has 0 amide bonds. The second-order valence-corrected chi connectivity index (χ2v) is 6.93. The molecule has 1 aliphatic carbocycles. The summed E-state index contributed by atoms with van der Waals surface area (Å²) in [4.78, 5) is 16.2. The number of fused-ring (bicyclic) bond motifs is 1. The summed E-state index contributed by atoms with van der Waals surface area (Å²) in [5.74, 6) is 0.153. The van der Waals surface area contributed by atoms with Gasteiger partial charge < -0.3 is 5.11 Å². The van der Waals surface area contributed by atoms with Crippen LogP contribution in [0.25, 0.3) is 0 Å². The highest BCUT2D eigenvalue weighted by Crippen LogP contribution is 2.36. The first-order chi connectivity index (χ1) is 8.70. The van der Waals surface area contributed by atoms with E-state index in [-0.39, 0.29) is 5.41 Å². The Kier molecular flexibility index (Phi) is 3.41. The fourth-order valence-corrected chi connectivity index (χ4v) is 3.07. The predicted octanol–water partition coefficient (Wildman–Crippen LogP) is 3.76. The number of carboxylic acids is 1. The van der Waals surface area contributed by atoms with Crippen LogP contribution in [-0.2, 0) is 11.8 Å². The molecule has 0 saturated heterocycles. The van der Waals surface area contributed by atoms with Gasteiger partial charge in [0, 0.05) is 11.1 Å². The van der Waals surface area contributed by atoms with Gasteiger partial charge in [-0.1, -0.05) is 34.6 Å². The molecule has 1 aromatic heterocycles. The van der Waals surface area contributed by atoms with Crippen molar-refractivity contribution in [2.45, 2.75) is 58.8 Å². The molecule has 0 radical (unpaired) electrons. The van der Waals surface area contributed by atoms with Crippen molar-refractivity contribution in [3.8, 4) is 0 Å². The molecule has 2 rings (SSSR count). The number of hydrogen-bond acceptors (Lipinski definition) is 2. The van der Waals surface area contributed by atoms with Crippen molar-refractivity contribution in [2.75, 3.05) is 0 Å². The zero-order valence-corrected chi connectivity index (χ0v) is 12.4. The molecule has 0 spiro atoms. The number of rotatable bonds is 1. The Morgan fingerprint density at radius 1 is 1.37 bits per heavy atom. The van der Waals surface area contributed by atoms with Crippen LogP contribution >= 0.6 is 0 Å². The number of carbonyl (C=O) groups is 1. The summed E-state index contributed by atoms with van der Waals surface area (Å²) in [6.45, 7) is 10.5. The molecule has 104 valence electrons. The van der Waals surface area contributed by atoms with E-state index in [1.807, 2.05) is 26.8 Å². The molecular weight excluding hydrogens is 238 g/mol. The van der Waals surface area contributed by atoms with Crippen molar-refractivity contribution < 1.29 is 9.90 Å². The molecule has 2 atom stereocenters. The van der Waals surface area contributed by atoms with Crippen LogP contribution in [0, 0.1) is 5.92 Å². The monoisotopic (exact) mass is 261 g/mol. The molecule has 0 aromatic carbocycles. The average Bonchev–Trinajstić information content (AvgIpc) is 2.25. The molecule has 0 saturated carbocycles. The van der Waals surface area contributed by atoms with Gasteiger partial charge in [-0.15, -0.1) is 0 Å². The van der Waals surface area contributed by atoms with E-state index in [0.29, 0.717) is 23.1 Å². The van der Waals surface area contributed by atoms with Crippen molar-refractivity contribution in [2.24, 2.45) is 5.92 Å². The molecule has 2 unspecified atom stereocenters. The van der Waals surface area contributed by atoms with Gasteiger partial charge in [0.15, 0.2) is 0 Å². The number of pyridine rings is 1. The Bertz CT molecular complexity index is 514. The van der Waals surface area contributed by atoms with Crippen molar-refractivity contribution in [1.82, 2.24) is 4.98 Å². The molecule has 19 heavy (non-hydrogen) atoms. The van der Waals surface area contributed by atoms with Gasteiger partial charge in [0.25, 0.3) is 0 Å². The van der Waals surface area contributed by atoms with Crippen LogP contribution < -0.4 is 0 Å². The quantitative estimate of drug-likeness (QED) is 0.837. The molecule has 0 aliphatic heterocycles. The normalized spacial score (nSPS) is 23.0. The fourth-order valence-electron chi connectivity index (χ4n) is 3.07. The third-order valence-electron chi connectivity index (χ3n) is 3.87. The molecule has 3 nitrogen and oxygen atoms in total. The van der Waals surface area contributed by atoms with E-state index in [4.69, 9.17) is 4.98 Å². The van der Waals surface area contributed by atoms with Crippen molar-refractivity contribution >= 4 is 5.97 Å². The number of nitrogens with zero attached hydrogens (tertiary/aromatic N) is 1. The maximum atomic E-state index is 11.5. The minimum absolute atomic E-state index is 0.245. The van der Waals surface area contributed by atoms with Crippen LogP contribution in [0.4, 0.5) is 0 Å². The lowest BCUT2D eigenvalue weighted by Gasteiger charge is -2.30. The van der Waals surface area contributed by atoms with Gasteiger partial charge in [0.2, 0.25) is 0 Å². The molecule has 0 bridgehead atoms. The summed E-state index contributed by atoms with van der Waals surface area (Å²) < 4.78 is 0. The smallest absolute Gasteiger partial charge is 0.337 e. The highest BCUT2D eigenvalue weighted by atomic mass is 16.4. The topological polar surface area (TPSA) is 50.2 Å². The largest absolute Gasteiger partial charge is 0.478 e. The SMILES string of the molecule is CC1Cc2cc(C(=O)O)c(C(C)(C)C)nc2C(C)C1. The molecule has 1 aliphatic rings. The van der Waals surface area contributed by atoms with Gasteiger partial charge in [-0.3, -0.25) is 4.98 Å². The fraction of sp³-hybridized carbons (Fsp3) is 0.625. The minimum atomic E-state index is -0.869. The zero-order valence-electron chi connectivity index (χ0n) is 12.4. The van der Waals surface area contributed by atoms with Crippen LogP contribution in [0.2, 0.25) is 0 Å². The van der Waals surface area contributed by atoms with Gasteiger partial charge in [-0.05, 0) is 36.3 Å². The first-order valence-electron chi connectivity index (χ1n) is 6.97. The summed E-state index contributed by atoms with van der Waals surface area (Å²) in [6.07, 6.45) is 2.08. The molecular formula is C16H23NO2. The zero-order chi connectivity index (χ0) is 14.4. The second-order valence-electron chi connectivity index (χ2n) is 6.93.